The molecular formula is C20H29NO6. The molecule has 0 spiro atoms. The maximum atomic E-state index is 13.2. The van der Waals surface area contributed by atoms with Crippen LogP contribution in [0.15, 0.2) is 12.3 Å². The van der Waals surface area contributed by atoms with Gasteiger partial charge in [-0.25, -0.2) is 0 Å². The minimum Gasteiger partial charge on any atom is -0.402 e. The summed E-state index contributed by atoms with van der Waals surface area (Å²) in [6.07, 6.45) is -1.14. The molecule has 0 bridgehead atoms. The Kier molecular flexibility index (Phi) is 4.70. The van der Waals surface area contributed by atoms with E-state index in [1.807, 2.05) is 0 Å². The first-order valence-corrected chi connectivity index (χ1v) is 9.98. The standard InChI is InChI=1S/C20H29NO6/c1-7(21)13-12(23)6-8-5-10-16(19(26)14(8)18(13)25)20(27)15-9(17(10)24)3-2-4-11(15)22/h8-17,19,22-24,26H,1-6,21H2/t8?,9?,10?,11?,12?,13?,14?,15?,16?,17-,19?/m1/s1. The smallest absolute Gasteiger partial charge is 0.150 e. The van der Waals surface area contributed by atoms with Gasteiger partial charge in [0, 0.05) is 17.5 Å². The van der Waals surface area contributed by atoms with E-state index in [4.69, 9.17) is 5.73 Å². The number of aliphatic hydroxyl groups excluding tert-OH is 4. The van der Waals surface area contributed by atoms with Crippen molar-refractivity contribution in [1.82, 2.24) is 0 Å². The second kappa shape index (κ2) is 6.65. The molecule has 0 aliphatic heterocycles. The third kappa shape index (κ3) is 2.70. The molecule has 4 aliphatic rings. The predicted octanol–water partition coefficient (Wildman–Crippen LogP) is -0.641. The maximum absolute atomic E-state index is 13.2. The van der Waals surface area contributed by atoms with E-state index in [0.29, 0.717) is 19.3 Å². The van der Waals surface area contributed by atoms with Crippen LogP contribution in [0.1, 0.15) is 32.1 Å². The van der Waals surface area contributed by atoms with Crippen molar-refractivity contribution in [3.05, 3.63) is 12.3 Å². The van der Waals surface area contributed by atoms with Gasteiger partial charge in [0.2, 0.25) is 0 Å². The molecule has 0 saturated heterocycles. The molecule has 7 heteroatoms. The molecule has 0 amide bonds. The molecule has 6 N–H and O–H groups in total. The number of nitrogens with two attached hydrogens (primary N) is 1. The molecule has 4 aliphatic carbocycles. The third-order valence-corrected chi connectivity index (χ3v) is 7.69. The van der Waals surface area contributed by atoms with Crippen LogP contribution in [0.3, 0.4) is 0 Å². The summed E-state index contributed by atoms with van der Waals surface area (Å²) in [5, 5.41) is 42.7. The van der Waals surface area contributed by atoms with Crippen molar-refractivity contribution >= 4 is 11.6 Å². The molecule has 27 heavy (non-hydrogen) atoms. The SMILES string of the molecule is C=C(N)C1C(=O)C2C(CC1O)CC1C(C(=O)C3C(O)CCCC3[C@H]1O)C2O. The van der Waals surface area contributed by atoms with Gasteiger partial charge in [-0.15, -0.1) is 0 Å². The van der Waals surface area contributed by atoms with Crippen molar-refractivity contribution in [3.63, 3.8) is 0 Å². The van der Waals surface area contributed by atoms with Gasteiger partial charge >= 0.3 is 0 Å². The fraction of sp³-hybridized carbons (Fsp3) is 0.800. The summed E-state index contributed by atoms with van der Waals surface area (Å²) in [7, 11) is 0. The molecular weight excluding hydrogens is 350 g/mol. The fourth-order valence-corrected chi connectivity index (χ4v) is 6.58. The van der Waals surface area contributed by atoms with Crippen LogP contribution < -0.4 is 5.73 Å². The Hall–Kier alpha value is -1.28. The summed E-state index contributed by atoms with van der Waals surface area (Å²) in [4.78, 5) is 26.1. The van der Waals surface area contributed by atoms with E-state index in [-0.39, 0.29) is 35.5 Å². The highest BCUT2D eigenvalue weighted by Gasteiger charge is 2.61. The summed E-state index contributed by atoms with van der Waals surface area (Å²) < 4.78 is 0. The Balaban J connectivity index is 1.68. The van der Waals surface area contributed by atoms with E-state index in [1.165, 1.54) is 0 Å². The van der Waals surface area contributed by atoms with Crippen LogP contribution in [-0.2, 0) is 9.59 Å². The fourth-order valence-electron chi connectivity index (χ4n) is 6.58. The number of hydrogen-bond donors (Lipinski definition) is 5. The minimum atomic E-state index is -1.23. The molecule has 0 heterocycles. The van der Waals surface area contributed by atoms with Gasteiger partial charge in [-0.3, -0.25) is 9.59 Å². The van der Waals surface area contributed by atoms with Gasteiger partial charge in [0.25, 0.3) is 0 Å². The lowest BCUT2D eigenvalue weighted by Gasteiger charge is -2.55. The van der Waals surface area contributed by atoms with Gasteiger partial charge < -0.3 is 26.2 Å². The lowest BCUT2D eigenvalue weighted by molar-refractivity contribution is -0.186. The van der Waals surface area contributed by atoms with Crippen LogP contribution in [0.5, 0.6) is 0 Å². The molecule has 0 radical (unpaired) electrons. The number of carbonyl (C=O) groups excluding carboxylic acids is 2. The normalized spacial score (nSPS) is 52.5. The summed E-state index contributed by atoms with van der Waals surface area (Å²) >= 11 is 0. The van der Waals surface area contributed by atoms with Gasteiger partial charge in [0.05, 0.1) is 36.3 Å². The lowest BCUT2D eigenvalue weighted by atomic mass is 9.50. The number of ketones is 2. The number of rotatable bonds is 1. The zero-order valence-corrected chi connectivity index (χ0v) is 15.3. The molecule has 0 aromatic carbocycles. The first-order chi connectivity index (χ1) is 12.7. The summed E-state index contributed by atoms with van der Waals surface area (Å²) in [6, 6.07) is 0. The molecule has 4 rings (SSSR count). The molecule has 0 aromatic heterocycles. The summed E-state index contributed by atoms with van der Waals surface area (Å²) in [5.74, 6) is -4.91. The molecule has 10 unspecified atom stereocenters. The van der Waals surface area contributed by atoms with E-state index in [9.17, 15) is 30.0 Å². The van der Waals surface area contributed by atoms with Crippen LogP contribution in [0.25, 0.3) is 0 Å². The van der Waals surface area contributed by atoms with Gasteiger partial charge in [-0.2, -0.15) is 0 Å². The van der Waals surface area contributed by atoms with Gasteiger partial charge in [0.15, 0.2) is 0 Å². The molecule has 150 valence electrons. The molecule has 11 atom stereocenters. The van der Waals surface area contributed by atoms with Gasteiger partial charge in [-0.05, 0) is 43.4 Å². The zero-order chi connectivity index (χ0) is 19.6. The van der Waals surface area contributed by atoms with Crippen LogP contribution in [0, 0.1) is 41.4 Å². The second-order valence-electron chi connectivity index (χ2n) is 9.04. The Morgan fingerprint density at radius 1 is 0.852 bits per heavy atom. The van der Waals surface area contributed by atoms with Crippen molar-refractivity contribution in [3.8, 4) is 0 Å². The van der Waals surface area contributed by atoms with E-state index in [1.54, 1.807) is 0 Å². The Morgan fingerprint density at radius 2 is 1.56 bits per heavy atom. The Labute approximate surface area is 158 Å². The highest BCUT2D eigenvalue weighted by Crippen LogP contribution is 2.53. The Morgan fingerprint density at radius 3 is 2.22 bits per heavy atom. The highest BCUT2D eigenvalue weighted by atomic mass is 16.3. The largest absolute Gasteiger partial charge is 0.402 e. The second-order valence-corrected chi connectivity index (χ2v) is 9.04. The van der Waals surface area contributed by atoms with Crippen molar-refractivity contribution in [2.24, 2.45) is 47.2 Å². The summed E-state index contributed by atoms with van der Waals surface area (Å²) in [6.45, 7) is 3.59. The topological polar surface area (TPSA) is 141 Å². The molecule has 4 fully saturated rings. The number of hydrogen-bond acceptors (Lipinski definition) is 7. The average molecular weight is 379 g/mol. The van der Waals surface area contributed by atoms with Crippen LogP contribution >= 0.6 is 0 Å². The van der Waals surface area contributed by atoms with Crippen LogP contribution in [-0.4, -0.2) is 56.4 Å². The molecule has 7 nitrogen and oxygen atoms in total. The monoisotopic (exact) mass is 379 g/mol. The lowest BCUT2D eigenvalue weighted by Crippen LogP contribution is -2.64. The van der Waals surface area contributed by atoms with E-state index >= 15 is 0 Å². The van der Waals surface area contributed by atoms with Crippen molar-refractivity contribution in [2.45, 2.75) is 56.5 Å². The van der Waals surface area contributed by atoms with Gasteiger partial charge in [0.1, 0.15) is 11.6 Å². The molecule has 0 aromatic rings. The number of aliphatic hydroxyl groups is 4. The number of fused-ring (bicyclic) bond motifs is 3. The third-order valence-electron chi connectivity index (χ3n) is 7.69. The maximum Gasteiger partial charge on any atom is 0.150 e. The van der Waals surface area contributed by atoms with Crippen LogP contribution in [0.4, 0.5) is 0 Å². The number of carbonyl (C=O) groups is 2. The van der Waals surface area contributed by atoms with Crippen LogP contribution in [0.2, 0.25) is 0 Å². The first kappa shape index (κ1) is 19.1. The Bertz CT molecular complexity index is 665. The van der Waals surface area contributed by atoms with Gasteiger partial charge in [-0.1, -0.05) is 13.0 Å². The minimum absolute atomic E-state index is 0.0676. The predicted molar refractivity (Wildman–Crippen MR) is 94.9 cm³/mol. The van der Waals surface area contributed by atoms with Crippen molar-refractivity contribution in [1.29, 1.82) is 0 Å². The van der Waals surface area contributed by atoms with Crippen molar-refractivity contribution < 1.29 is 30.0 Å². The average Bonchev–Trinajstić information content (AvgIpc) is 2.58. The van der Waals surface area contributed by atoms with E-state index in [0.717, 1.165) is 6.42 Å². The quantitative estimate of drug-likeness (QED) is 0.408. The van der Waals surface area contributed by atoms with E-state index < -0.39 is 54.0 Å². The summed E-state index contributed by atoms with van der Waals surface area (Å²) in [5.41, 5.74) is 5.77. The first-order valence-electron chi connectivity index (χ1n) is 9.98. The molecule has 4 saturated carbocycles. The van der Waals surface area contributed by atoms with Crippen molar-refractivity contribution in [2.75, 3.05) is 0 Å². The number of Topliss-reactive ketones (excluding diaryl/α,β-unsaturated/α-hetero) is 2. The van der Waals surface area contributed by atoms with E-state index in [2.05, 4.69) is 6.58 Å². The zero-order valence-electron chi connectivity index (χ0n) is 15.3. The highest BCUT2D eigenvalue weighted by molar-refractivity contribution is 5.91.